The Kier molecular flexibility index (Phi) is 4.46. The van der Waals surface area contributed by atoms with Crippen molar-refractivity contribution in [2.24, 2.45) is 5.92 Å². The molecule has 1 fully saturated rings. The molecule has 1 saturated carbocycles. The molecular weight excluding hydrogens is 380 g/mol. The smallest absolute Gasteiger partial charge is 0.326 e. The van der Waals surface area contributed by atoms with Crippen molar-refractivity contribution in [3.63, 3.8) is 0 Å². The molecule has 3 N–H and O–H groups in total. The van der Waals surface area contributed by atoms with Crippen LogP contribution in [0.1, 0.15) is 12.8 Å². The quantitative estimate of drug-likeness (QED) is 0.737. The van der Waals surface area contributed by atoms with Crippen LogP contribution in [-0.4, -0.2) is 23.1 Å². The van der Waals surface area contributed by atoms with Crippen LogP contribution in [0.2, 0.25) is 0 Å². The maximum absolute atomic E-state index is 11.8. The molecule has 0 heterocycles. The highest BCUT2D eigenvalue weighted by Crippen LogP contribution is 2.33. The van der Waals surface area contributed by atoms with E-state index in [1.807, 2.05) is 0 Å². The number of hydrogen-bond donors (Lipinski definition) is 3. The first-order chi connectivity index (χ1) is 8.97. The number of halogens is 2. The highest BCUT2D eigenvalue weighted by Gasteiger charge is 2.37. The lowest BCUT2D eigenvalue weighted by Crippen LogP contribution is -2.44. The van der Waals surface area contributed by atoms with Crippen LogP contribution in [0.5, 0.6) is 0 Å². The molecule has 1 unspecified atom stereocenters. The summed E-state index contributed by atoms with van der Waals surface area (Å²) in [5.41, 5.74) is 0.584. The predicted octanol–water partition coefficient (Wildman–Crippen LogP) is 3.20. The van der Waals surface area contributed by atoms with Gasteiger partial charge in [-0.25, -0.2) is 9.59 Å². The Morgan fingerprint density at radius 3 is 2.53 bits per heavy atom. The molecule has 1 aromatic carbocycles. The number of benzene rings is 1. The summed E-state index contributed by atoms with van der Waals surface area (Å²) in [7, 11) is 0. The Labute approximate surface area is 127 Å². The second kappa shape index (κ2) is 5.92. The summed E-state index contributed by atoms with van der Waals surface area (Å²) >= 11 is 6.64. The van der Waals surface area contributed by atoms with Gasteiger partial charge in [0, 0.05) is 8.95 Å². The van der Waals surface area contributed by atoms with Crippen molar-refractivity contribution in [1.82, 2.24) is 5.32 Å². The minimum atomic E-state index is -0.993. The van der Waals surface area contributed by atoms with Gasteiger partial charge in [-0.3, -0.25) is 0 Å². The number of rotatable bonds is 4. The highest BCUT2D eigenvalue weighted by atomic mass is 79.9. The summed E-state index contributed by atoms with van der Waals surface area (Å²) < 4.78 is 1.60. The lowest BCUT2D eigenvalue weighted by atomic mass is 10.2. The van der Waals surface area contributed by atoms with Crippen LogP contribution >= 0.6 is 31.9 Å². The van der Waals surface area contributed by atoms with E-state index in [0.29, 0.717) is 5.69 Å². The van der Waals surface area contributed by atoms with Crippen LogP contribution in [0.4, 0.5) is 10.5 Å². The molecular formula is C12H12Br2N2O3. The summed E-state index contributed by atoms with van der Waals surface area (Å²) in [4.78, 5) is 22.8. The van der Waals surface area contributed by atoms with E-state index in [4.69, 9.17) is 5.11 Å². The Morgan fingerprint density at radius 1 is 1.32 bits per heavy atom. The minimum absolute atomic E-state index is 0.0524. The number of nitrogens with one attached hydrogen (secondary N) is 2. The lowest BCUT2D eigenvalue weighted by molar-refractivity contribution is -0.139. The molecule has 0 bridgehead atoms. The molecule has 0 radical (unpaired) electrons. The Hall–Kier alpha value is -1.08. The van der Waals surface area contributed by atoms with E-state index in [1.54, 1.807) is 18.2 Å². The molecule has 19 heavy (non-hydrogen) atoms. The van der Waals surface area contributed by atoms with Gasteiger partial charge >= 0.3 is 12.0 Å². The van der Waals surface area contributed by atoms with Gasteiger partial charge in [0.1, 0.15) is 6.04 Å². The van der Waals surface area contributed by atoms with E-state index < -0.39 is 18.0 Å². The zero-order valence-electron chi connectivity index (χ0n) is 9.82. The van der Waals surface area contributed by atoms with E-state index in [0.717, 1.165) is 21.8 Å². The summed E-state index contributed by atoms with van der Waals surface area (Å²) in [6.07, 6.45) is 1.69. The monoisotopic (exact) mass is 390 g/mol. The van der Waals surface area contributed by atoms with Crippen LogP contribution in [0.15, 0.2) is 27.1 Å². The van der Waals surface area contributed by atoms with Crippen LogP contribution in [0, 0.1) is 5.92 Å². The molecule has 0 aliphatic heterocycles. The maximum Gasteiger partial charge on any atom is 0.326 e. The van der Waals surface area contributed by atoms with E-state index in [1.165, 1.54) is 0 Å². The number of aliphatic carboxylic acids is 1. The molecule has 1 aromatic rings. The molecule has 1 aliphatic carbocycles. The fraction of sp³-hybridized carbons (Fsp3) is 0.333. The molecule has 0 spiro atoms. The topological polar surface area (TPSA) is 78.4 Å². The van der Waals surface area contributed by atoms with Crippen molar-refractivity contribution in [2.45, 2.75) is 18.9 Å². The fourth-order valence-corrected chi connectivity index (χ4v) is 2.85. The number of carbonyl (C=O) groups excluding carboxylic acids is 1. The van der Waals surface area contributed by atoms with Crippen molar-refractivity contribution in [2.75, 3.05) is 5.32 Å². The second-order valence-electron chi connectivity index (χ2n) is 4.38. The zero-order chi connectivity index (χ0) is 14.0. The second-order valence-corrected chi connectivity index (χ2v) is 6.15. The van der Waals surface area contributed by atoms with Gasteiger partial charge < -0.3 is 15.7 Å². The number of anilines is 1. The molecule has 0 saturated heterocycles. The third kappa shape index (κ3) is 3.94. The number of carboxylic acids is 1. The standard InChI is InChI=1S/C12H12Br2N2O3/c13-7-3-4-9(8(14)5-7)15-12(19)16-10(11(17)18)6-1-2-6/h3-6,10H,1-2H2,(H,17,18)(H2,15,16,19). The maximum atomic E-state index is 11.8. The van der Waals surface area contributed by atoms with Gasteiger partial charge in [-0.2, -0.15) is 0 Å². The Bertz CT molecular complexity index is 518. The van der Waals surface area contributed by atoms with Gasteiger partial charge in [0.2, 0.25) is 0 Å². The number of urea groups is 1. The van der Waals surface area contributed by atoms with Gasteiger partial charge in [0.25, 0.3) is 0 Å². The van der Waals surface area contributed by atoms with Crippen molar-refractivity contribution < 1.29 is 14.7 Å². The van der Waals surface area contributed by atoms with Gasteiger partial charge in [0.05, 0.1) is 5.69 Å². The summed E-state index contributed by atoms with van der Waals surface area (Å²) in [6.45, 7) is 0. The molecule has 1 atom stereocenters. The third-order valence-corrected chi connectivity index (χ3v) is 3.97. The van der Waals surface area contributed by atoms with Crippen molar-refractivity contribution in [1.29, 1.82) is 0 Å². The fourth-order valence-electron chi connectivity index (χ4n) is 1.70. The van der Waals surface area contributed by atoms with Gasteiger partial charge in [-0.15, -0.1) is 0 Å². The third-order valence-electron chi connectivity index (χ3n) is 2.83. The van der Waals surface area contributed by atoms with Crippen molar-refractivity contribution in [3.05, 3.63) is 27.1 Å². The van der Waals surface area contributed by atoms with E-state index >= 15 is 0 Å². The SMILES string of the molecule is O=C(Nc1ccc(Br)cc1Br)NC(C(=O)O)C1CC1. The van der Waals surface area contributed by atoms with E-state index in [-0.39, 0.29) is 5.92 Å². The molecule has 1 aliphatic rings. The van der Waals surface area contributed by atoms with Crippen LogP contribution in [0.25, 0.3) is 0 Å². The van der Waals surface area contributed by atoms with Gasteiger partial charge in [-0.1, -0.05) is 15.9 Å². The molecule has 0 aromatic heterocycles. The number of carbonyl (C=O) groups is 2. The average molecular weight is 392 g/mol. The van der Waals surface area contributed by atoms with Crippen LogP contribution in [-0.2, 0) is 4.79 Å². The highest BCUT2D eigenvalue weighted by molar-refractivity contribution is 9.11. The summed E-state index contributed by atoms with van der Waals surface area (Å²) in [5, 5.41) is 14.1. The first-order valence-corrected chi connectivity index (χ1v) is 7.31. The van der Waals surface area contributed by atoms with Crippen LogP contribution in [0.3, 0.4) is 0 Å². The molecule has 7 heteroatoms. The Balaban J connectivity index is 1.98. The first-order valence-electron chi connectivity index (χ1n) is 5.73. The summed E-state index contributed by atoms with van der Waals surface area (Å²) in [6, 6.07) is 3.98. The first kappa shape index (κ1) is 14.3. The van der Waals surface area contributed by atoms with Gasteiger partial charge in [0.15, 0.2) is 0 Å². The molecule has 102 valence electrons. The summed E-state index contributed by atoms with van der Waals surface area (Å²) in [5.74, 6) is -0.941. The Morgan fingerprint density at radius 2 is 2.00 bits per heavy atom. The molecule has 2 amide bonds. The molecule has 5 nitrogen and oxygen atoms in total. The van der Waals surface area contributed by atoms with Crippen molar-refractivity contribution >= 4 is 49.5 Å². The molecule has 2 rings (SSSR count). The van der Waals surface area contributed by atoms with Crippen LogP contribution < -0.4 is 10.6 Å². The number of hydrogen-bond acceptors (Lipinski definition) is 2. The van der Waals surface area contributed by atoms with E-state index in [9.17, 15) is 9.59 Å². The number of carboxylic acid groups (broad SMARTS) is 1. The average Bonchev–Trinajstić information content (AvgIpc) is 3.13. The van der Waals surface area contributed by atoms with E-state index in [2.05, 4.69) is 42.5 Å². The lowest BCUT2D eigenvalue weighted by Gasteiger charge is -2.15. The largest absolute Gasteiger partial charge is 0.480 e. The normalized spacial score (nSPS) is 15.7. The van der Waals surface area contributed by atoms with Gasteiger partial charge in [-0.05, 0) is 52.9 Å². The van der Waals surface area contributed by atoms with Crippen molar-refractivity contribution in [3.8, 4) is 0 Å². The predicted molar refractivity (Wildman–Crippen MR) is 78.1 cm³/mol. The minimum Gasteiger partial charge on any atom is -0.480 e. The zero-order valence-corrected chi connectivity index (χ0v) is 13.0. The number of amides is 2.